The molecule has 1 aliphatic rings. The number of Topliss-reactive ketones (excluding diaryl/α,β-unsaturated/α-hetero) is 1. The van der Waals surface area contributed by atoms with Crippen LogP contribution in [0, 0.1) is 0 Å². The van der Waals surface area contributed by atoms with Crippen molar-refractivity contribution in [2.45, 2.75) is 59.3 Å². The Morgan fingerprint density at radius 1 is 1.00 bits per heavy atom. The molecule has 0 spiro atoms. The van der Waals surface area contributed by atoms with Crippen LogP contribution >= 0.6 is 0 Å². The topological polar surface area (TPSA) is 32.3 Å². The molecular weight excluding hydrogens is 224 g/mol. The standard InChI is InChI=1S/C8H19N.C7H13NO/c1-3-5-7-9-8-6-4-2;1-2-8-5-3-7(9)4-6-8/h9H,3-8H2,1-2H3;2-6H2,1H3. The van der Waals surface area contributed by atoms with Crippen LogP contribution < -0.4 is 5.32 Å². The normalized spacial score (nSPS) is 16.3. The lowest BCUT2D eigenvalue weighted by Crippen LogP contribution is -2.33. The molecular formula is C15H32N2O. The molecule has 0 bridgehead atoms. The third-order valence-corrected chi connectivity index (χ3v) is 3.28. The van der Waals surface area contributed by atoms with Crippen molar-refractivity contribution in [1.82, 2.24) is 10.2 Å². The molecule has 0 aromatic rings. The molecule has 0 aliphatic carbocycles. The Morgan fingerprint density at radius 3 is 1.89 bits per heavy atom. The number of piperidine rings is 1. The summed E-state index contributed by atoms with van der Waals surface area (Å²) >= 11 is 0. The minimum atomic E-state index is 0.430. The first-order chi connectivity index (χ1) is 8.74. The molecule has 1 N–H and O–H groups in total. The molecule has 3 nitrogen and oxygen atoms in total. The minimum absolute atomic E-state index is 0.430. The van der Waals surface area contributed by atoms with Crippen molar-refractivity contribution in [3.63, 3.8) is 0 Å². The van der Waals surface area contributed by atoms with Gasteiger partial charge in [-0.15, -0.1) is 0 Å². The van der Waals surface area contributed by atoms with Gasteiger partial charge in [0.05, 0.1) is 0 Å². The van der Waals surface area contributed by atoms with Crippen LogP contribution in [0.3, 0.4) is 0 Å². The van der Waals surface area contributed by atoms with Gasteiger partial charge in [-0.25, -0.2) is 0 Å². The number of nitrogens with zero attached hydrogens (tertiary/aromatic N) is 1. The van der Waals surface area contributed by atoms with Crippen LogP contribution in [-0.4, -0.2) is 43.4 Å². The van der Waals surface area contributed by atoms with Crippen LogP contribution in [0.4, 0.5) is 0 Å². The van der Waals surface area contributed by atoms with Gasteiger partial charge in [0.25, 0.3) is 0 Å². The lowest BCUT2D eigenvalue weighted by Gasteiger charge is -2.23. The Bertz CT molecular complexity index is 179. The second-order valence-electron chi connectivity index (χ2n) is 4.93. The molecule has 0 unspecified atom stereocenters. The van der Waals surface area contributed by atoms with Gasteiger partial charge in [-0.3, -0.25) is 4.79 Å². The Hall–Kier alpha value is -0.410. The maximum Gasteiger partial charge on any atom is 0.135 e. The Balaban J connectivity index is 0.000000321. The van der Waals surface area contributed by atoms with Gasteiger partial charge in [0, 0.05) is 25.9 Å². The van der Waals surface area contributed by atoms with Crippen molar-refractivity contribution in [2.24, 2.45) is 0 Å². The Labute approximate surface area is 113 Å². The predicted octanol–water partition coefficient (Wildman–Crippen LogP) is 2.85. The molecule has 1 heterocycles. The zero-order valence-electron chi connectivity index (χ0n) is 12.6. The van der Waals surface area contributed by atoms with E-state index in [0.29, 0.717) is 5.78 Å². The average Bonchev–Trinajstić information content (AvgIpc) is 2.40. The summed E-state index contributed by atoms with van der Waals surface area (Å²) in [4.78, 5) is 13.0. The number of ketones is 1. The minimum Gasteiger partial charge on any atom is -0.317 e. The molecule has 1 aliphatic heterocycles. The molecule has 0 aromatic heterocycles. The van der Waals surface area contributed by atoms with Gasteiger partial charge in [-0.2, -0.15) is 0 Å². The Kier molecular flexibility index (Phi) is 12.7. The van der Waals surface area contributed by atoms with Gasteiger partial charge in [0.1, 0.15) is 5.78 Å². The van der Waals surface area contributed by atoms with E-state index in [9.17, 15) is 4.79 Å². The average molecular weight is 256 g/mol. The van der Waals surface area contributed by atoms with E-state index in [0.717, 1.165) is 32.5 Å². The first kappa shape index (κ1) is 17.6. The maximum atomic E-state index is 10.7. The maximum absolute atomic E-state index is 10.7. The molecule has 0 aromatic carbocycles. The summed E-state index contributed by atoms with van der Waals surface area (Å²) in [7, 11) is 0. The van der Waals surface area contributed by atoms with Gasteiger partial charge in [0.15, 0.2) is 0 Å². The zero-order valence-corrected chi connectivity index (χ0v) is 12.6. The van der Waals surface area contributed by atoms with Crippen LogP contribution in [0.1, 0.15) is 59.3 Å². The number of carbonyl (C=O) groups is 1. The third-order valence-electron chi connectivity index (χ3n) is 3.28. The predicted molar refractivity (Wildman–Crippen MR) is 79.0 cm³/mol. The van der Waals surface area contributed by atoms with Crippen molar-refractivity contribution >= 4 is 5.78 Å². The molecule has 18 heavy (non-hydrogen) atoms. The van der Waals surface area contributed by atoms with E-state index >= 15 is 0 Å². The van der Waals surface area contributed by atoms with Gasteiger partial charge in [0.2, 0.25) is 0 Å². The molecule has 0 amide bonds. The zero-order chi connectivity index (χ0) is 13.6. The first-order valence-electron chi connectivity index (χ1n) is 7.69. The fraction of sp³-hybridized carbons (Fsp3) is 0.933. The number of rotatable bonds is 7. The smallest absolute Gasteiger partial charge is 0.135 e. The molecule has 0 saturated carbocycles. The monoisotopic (exact) mass is 256 g/mol. The second-order valence-corrected chi connectivity index (χ2v) is 4.93. The van der Waals surface area contributed by atoms with Gasteiger partial charge < -0.3 is 10.2 Å². The molecule has 108 valence electrons. The fourth-order valence-electron chi connectivity index (χ4n) is 1.85. The van der Waals surface area contributed by atoms with Gasteiger partial charge in [-0.05, 0) is 32.5 Å². The van der Waals surface area contributed by atoms with Gasteiger partial charge >= 0.3 is 0 Å². The summed E-state index contributed by atoms with van der Waals surface area (Å²) in [6, 6.07) is 0. The molecule has 1 fully saturated rings. The van der Waals surface area contributed by atoms with Crippen molar-refractivity contribution in [1.29, 1.82) is 0 Å². The van der Waals surface area contributed by atoms with E-state index in [1.807, 2.05) is 0 Å². The van der Waals surface area contributed by atoms with Crippen LogP contribution in [0.5, 0.6) is 0 Å². The summed E-state index contributed by atoms with van der Waals surface area (Å²) in [6.07, 6.45) is 6.80. The summed E-state index contributed by atoms with van der Waals surface area (Å²) in [6.45, 7) is 12.0. The quantitative estimate of drug-likeness (QED) is 0.711. The second kappa shape index (κ2) is 13.0. The molecule has 0 radical (unpaired) electrons. The highest BCUT2D eigenvalue weighted by atomic mass is 16.1. The van der Waals surface area contributed by atoms with Crippen molar-refractivity contribution in [2.75, 3.05) is 32.7 Å². The largest absolute Gasteiger partial charge is 0.317 e. The highest BCUT2D eigenvalue weighted by Crippen LogP contribution is 2.03. The number of unbranched alkanes of at least 4 members (excludes halogenated alkanes) is 2. The van der Waals surface area contributed by atoms with Crippen LogP contribution in [0.25, 0.3) is 0 Å². The summed E-state index contributed by atoms with van der Waals surface area (Å²) < 4.78 is 0. The number of hydrogen-bond acceptors (Lipinski definition) is 3. The number of likely N-dealkylation sites (tertiary alicyclic amines) is 1. The van der Waals surface area contributed by atoms with E-state index in [1.165, 1.54) is 38.8 Å². The lowest BCUT2D eigenvalue weighted by atomic mass is 10.1. The van der Waals surface area contributed by atoms with Crippen molar-refractivity contribution in [3.05, 3.63) is 0 Å². The molecule has 1 rings (SSSR count). The summed E-state index contributed by atoms with van der Waals surface area (Å²) in [5.41, 5.74) is 0. The Morgan fingerprint density at radius 2 is 1.50 bits per heavy atom. The van der Waals surface area contributed by atoms with E-state index in [4.69, 9.17) is 0 Å². The fourth-order valence-corrected chi connectivity index (χ4v) is 1.85. The highest BCUT2D eigenvalue weighted by Gasteiger charge is 2.13. The number of carbonyl (C=O) groups excluding carboxylic acids is 1. The molecule has 0 atom stereocenters. The van der Waals surface area contributed by atoms with Crippen molar-refractivity contribution in [3.8, 4) is 0 Å². The SMILES string of the molecule is CCCCNCCCC.CCN1CCC(=O)CC1. The van der Waals surface area contributed by atoms with E-state index < -0.39 is 0 Å². The molecule has 3 heteroatoms. The summed E-state index contributed by atoms with van der Waals surface area (Å²) in [5, 5.41) is 3.39. The third kappa shape index (κ3) is 10.7. The number of nitrogens with one attached hydrogen (secondary N) is 1. The highest BCUT2D eigenvalue weighted by molar-refractivity contribution is 5.79. The van der Waals surface area contributed by atoms with Crippen LogP contribution in [0.2, 0.25) is 0 Å². The molecule has 1 saturated heterocycles. The summed E-state index contributed by atoms with van der Waals surface area (Å²) in [5.74, 6) is 0.430. The van der Waals surface area contributed by atoms with E-state index in [-0.39, 0.29) is 0 Å². The lowest BCUT2D eigenvalue weighted by molar-refractivity contribution is -0.121. The van der Waals surface area contributed by atoms with Crippen molar-refractivity contribution < 1.29 is 4.79 Å². The van der Waals surface area contributed by atoms with E-state index in [1.54, 1.807) is 0 Å². The van der Waals surface area contributed by atoms with Crippen LogP contribution in [0.15, 0.2) is 0 Å². The van der Waals surface area contributed by atoms with Crippen LogP contribution in [-0.2, 0) is 4.79 Å². The van der Waals surface area contributed by atoms with Gasteiger partial charge in [-0.1, -0.05) is 33.6 Å². The number of hydrogen-bond donors (Lipinski definition) is 1. The first-order valence-corrected chi connectivity index (χ1v) is 7.69. The van der Waals surface area contributed by atoms with E-state index in [2.05, 4.69) is 31.0 Å².